The number of rotatable bonds is 4. The maximum absolute atomic E-state index is 12.2. The molecule has 5 nitrogen and oxygen atoms in total. The number of nitrogen functional groups attached to an aromatic ring is 1. The van der Waals surface area contributed by atoms with Crippen LogP contribution in [0.5, 0.6) is 5.75 Å². The minimum absolute atomic E-state index is 0.146. The van der Waals surface area contributed by atoms with E-state index in [-0.39, 0.29) is 4.90 Å². The number of hydrogen-bond donors (Lipinski definition) is 2. The molecule has 0 fully saturated rings. The molecule has 0 heterocycles. The van der Waals surface area contributed by atoms with Gasteiger partial charge in [0, 0.05) is 5.69 Å². The van der Waals surface area contributed by atoms with Gasteiger partial charge in [-0.15, -0.1) is 0 Å². The van der Waals surface area contributed by atoms with E-state index in [4.69, 9.17) is 10.5 Å². The van der Waals surface area contributed by atoms with Gasteiger partial charge in [0.15, 0.2) is 0 Å². The quantitative estimate of drug-likeness (QED) is 0.839. The van der Waals surface area contributed by atoms with Crippen molar-refractivity contribution < 1.29 is 13.2 Å². The van der Waals surface area contributed by atoms with Crippen LogP contribution in [0.2, 0.25) is 0 Å². The SMILES string of the molecule is COc1ccccc1NS(=O)(=O)c1ccc(N)cc1. The van der Waals surface area contributed by atoms with Gasteiger partial charge >= 0.3 is 0 Å². The van der Waals surface area contributed by atoms with E-state index >= 15 is 0 Å². The summed E-state index contributed by atoms with van der Waals surface area (Å²) in [6, 6.07) is 12.8. The van der Waals surface area contributed by atoms with Crippen molar-refractivity contribution in [3.8, 4) is 5.75 Å². The Kier molecular flexibility index (Phi) is 3.62. The standard InChI is InChI=1S/C13H14N2O3S/c1-18-13-5-3-2-4-12(13)15-19(16,17)11-8-6-10(14)7-9-11/h2-9,15H,14H2,1H3. The molecule has 100 valence electrons. The Hall–Kier alpha value is -2.21. The van der Waals surface area contributed by atoms with E-state index in [1.54, 1.807) is 24.3 Å². The number of hydrogen-bond acceptors (Lipinski definition) is 4. The maximum atomic E-state index is 12.2. The molecule has 0 aliphatic carbocycles. The lowest BCUT2D eigenvalue weighted by molar-refractivity contribution is 0.417. The summed E-state index contributed by atoms with van der Waals surface area (Å²) in [6.07, 6.45) is 0. The van der Waals surface area contributed by atoms with Crippen molar-refractivity contribution in [2.24, 2.45) is 0 Å². The fraction of sp³-hybridized carbons (Fsp3) is 0.0769. The lowest BCUT2D eigenvalue weighted by Crippen LogP contribution is -2.13. The van der Waals surface area contributed by atoms with Crippen LogP contribution in [-0.2, 0) is 10.0 Å². The predicted molar refractivity (Wildman–Crippen MR) is 74.7 cm³/mol. The predicted octanol–water partition coefficient (Wildman–Crippen LogP) is 2.08. The van der Waals surface area contributed by atoms with Crippen molar-refractivity contribution in [3.05, 3.63) is 48.5 Å². The molecule has 0 radical (unpaired) electrons. The normalized spacial score (nSPS) is 11.0. The van der Waals surface area contributed by atoms with E-state index in [1.807, 2.05) is 0 Å². The molecule has 19 heavy (non-hydrogen) atoms. The molecule has 2 aromatic rings. The van der Waals surface area contributed by atoms with Crippen LogP contribution in [0.3, 0.4) is 0 Å². The monoisotopic (exact) mass is 278 g/mol. The van der Waals surface area contributed by atoms with Crippen molar-refractivity contribution in [3.63, 3.8) is 0 Å². The summed E-state index contributed by atoms with van der Waals surface area (Å²) in [5.74, 6) is 0.460. The Morgan fingerprint density at radius 3 is 2.32 bits per heavy atom. The van der Waals surface area contributed by atoms with Gasteiger partial charge in [-0.25, -0.2) is 8.42 Å². The van der Waals surface area contributed by atoms with E-state index < -0.39 is 10.0 Å². The zero-order valence-corrected chi connectivity index (χ0v) is 11.1. The van der Waals surface area contributed by atoms with Crippen LogP contribution in [0.25, 0.3) is 0 Å². The van der Waals surface area contributed by atoms with Gasteiger partial charge < -0.3 is 10.5 Å². The van der Waals surface area contributed by atoms with Crippen molar-refractivity contribution in [1.29, 1.82) is 0 Å². The molecule has 3 N–H and O–H groups in total. The first kappa shape index (κ1) is 13.2. The average molecular weight is 278 g/mol. The largest absolute Gasteiger partial charge is 0.495 e. The van der Waals surface area contributed by atoms with E-state index in [2.05, 4.69) is 4.72 Å². The van der Waals surface area contributed by atoms with Crippen LogP contribution in [0.1, 0.15) is 0 Å². The summed E-state index contributed by atoms with van der Waals surface area (Å²) >= 11 is 0. The number of anilines is 2. The second-order valence-electron chi connectivity index (χ2n) is 3.87. The number of benzene rings is 2. The van der Waals surface area contributed by atoms with Crippen LogP contribution in [0, 0.1) is 0 Å². The first-order valence-corrected chi connectivity index (χ1v) is 7.02. The van der Waals surface area contributed by atoms with Crippen molar-refractivity contribution in [2.45, 2.75) is 4.90 Å². The van der Waals surface area contributed by atoms with Gasteiger partial charge in [-0.2, -0.15) is 0 Å². The molecule has 0 saturated carbocycles. The molecule has 0 spiro atoms. The molecule has 2 aromatic carbocycles. The summed E-state index contributed by atoms with van der Waals surface area (Å²) in [5.41, 5.74) is 6.43. The number of nitrogens with one attached hydrogen (secondary N) is 1. The van der Waals surface area contributed by atoms with Crippen LogP contribution >= 0.6 is 0 Å². The van der Waals surface area contributed by atoms with Crippen LogP contribution in [0.15, 0.2) is 53.4 Å². The maximum Gasteiger partial charge on any atom is 0.262 e. The molecule has 2 rings (SSSR count). The number of ether oxygens (including phenoxy) is 1. The minimum Gasteiger partial charge on any atom is -0.495 e. The van der Waals surface area contributed by atoms with E-state index in [1.165, 1.54) is 31.4 Å². The highest BCUT2D eigenvalue weighted by Crippen LogP contribution is 2.26. The van der Waals surface area contributed by atoms with Crippen molar-refractivity contribution in [1.82, 2.24) is 0 Å². The highest BCUT2D eigenvalue weighted by Gasteiger charge is 2.15. The summed E-state index contributed by atoms with van der Waals surface area (Å²) < 4.78 is 31.9. The fourth-order valence-corrected chi connectivity index (χ4v) is 2.65. The number of para-hydroxylation sites is 2. The van der Waals surface area contributed by atoms with E-state index in [0.29, 0.717) is 17.1 Å². The average Bonchev–Trinajstić information content (AvgIpc) is 2.39. The summed E-state index contributed by atoms with van der Waals surface area (Å²) in [6.45, 7) is 0. The van der Waals surface area contributed by atoms with Gasteiger partial charge in [-0.3, -0.25) is 4.72 Å². The van der Waals surface area contributed by atoms with E-state index in [9.17, 15) is 8.42 Å². The molecule has 0 unspecified atom stereocenters. The molecule has 0 amide bonds. The highest BCUT2D eigenvalue weighted by molar-refractivity contribution is 7.92. The molecule has 0 bridgehead atoms. The molecule has 0 saturated heterocycles. The van der Waals surface area contributed by atoms with E-state index in [0.717, 1.165) is 0 Å². The molecule has 0 aliphatic heterocycles. The zero-order valence-electron chi connectivity index (χ0n) is 10.3. The molecular weight excluding hydrogens is 264 g/mol. The summed E-state index contributed by atoms with van der Waals surface area (Å²) in [7, 11) is -2.17. The summed E-state index contributed by atoms with van der Waals surface area (Å²) in [5, 5.41) is 0. The number of nitrogens with two attached hydrogens (primary N) is 1. The molecular formula is C13H14N2O3S. The van der Waals surface area contributed by atoms with Gasteiger partial charge in [0.05, 0.1) is 17.7 Å². The van der Waals surface area contributed by atoms with Gasteiger partial charge in [0.1, 0.15) is 5.75 Å². The van der Waals surface area contributed by atoms with Crippen LogP contribution in [-0.4, -0.2) is 15.5 Å². The topological polar surface area (TPSA) is 81.4 Å². The minimum atomic E-state index is -3.65. The second-order valence-corrected chi connectivity index (χ2v) is 5.56. The third-order valence-corrected chi connectivity index (χ3v) is 3.92. The lowest BCUT2D eigenvalue weighted by atomic mass is 10.3. The Bertz CT molecular complexity index is 667. The number of sulfonamides is 1. The lowest BCUT2D eigenvalue weighted by Gasteiger charge is -2.11. The smallest absolute Gasteiger partial charge is 0.262 e. The Labute approximate surface area is 112 Å². The zero-order chi connectivity index (χ0) is 13.9. The molecule has 0 aliphatic rings. The third kappa shape index (κ3) is 2.97. The first-order valence-electron chi connectivity index (χ1n) is 5.54. The van der Waals surface area contributed by atoms with Gasteiger partial charge in [0.25, 0.3) is 10.0 Å². The van der Waals surface area contributed by atoms with Gasteiger partial charge in [-0.05, 0) is 36.4 Å². The Balaban J connectivity index is 2.34. The molecule has 0 atom stereocenters. The summed E-state index contributed by atoms with van der Waals surface area (Å²) in [4.78, 5) is 0.146. The fourth-order valence-electron chi connectivity index (χ4n) is 1.58. The molecule has 6 heteroatoms. The highest BCUT2D eigenvalue weighted by atomic mass is 32.2. The molecule has 0 aromatic heterocycles. The first-order chi connectivity index (χ1) is 9.03. The third-order valence-electron chi connectivity index (χ3n) is 2.54. The van der Waals surface area contributed by atoms with Crippen molar-refractivity contribution >= 4 is 21.4 Å². The number of methoxy groups -OCH3 is 1. The van der Waals surface area contributed by atoms with Gasteiger partial charge in [0.2, 0.25) is 0 Å². The van der Waals surface area contributed by atoms with Crippen LogP contribution in [0.4, 0.5) is 11.4 Å². The Morgan fingerprint density at radius 1 is 1.05 bits per heavy atom. The van der Waals surface area contributed by atoms with Crippen LogP contribution < -0.4 is 15.2 Å². The Morgan fingerprint density at radius 2 is 1.68 bits per heavy atom. The van der Waals surface area contributed by atoms with Crippen molar-refractivity contribution in [2.75, 3.05) is 17.6 Å². The second kappa shape index (κ2) is 5.19. The van der Waals surface area contributed by atoms with Gasteiger partial charge in [-0.1, -0.05) is 12.1 Å².